The fraction of sp³-hybridized carbons (Fsp3) is 0.190. The number of ether oxygens (including phenoxy) is 1. The van der Waals surface area contributed by atoms with Crippen molar-refractivity contribution in [3.8, 4) is 11.4 Å². The van der Waals surface area contributed by atoms with E-state index >= 15 is 0 Å². The van der Waals surface area contributed by atoms with E-state index in [1.54, 1.807) is 28.9 Å². The van der Waals surface area contributed by atoms with Gasteiger partial charge in [0, 0.05) is 17.4 Å². The number of aromatic nitrogens is 2. The van der Waals surface area contributed by atoms with Gasteiger partial charge in [0.15, 0.2) is 12.3 Å². The van der Waals surface area contributed by atoms with Crippen LogP contribution in [0.5, 0.6) is 5.75 Å². The van der Waals surface area contributed by atoms with Gasteiger partial charge in [-0.05, 0) is 62.2 Å². The van der Waals surface area contributed by atoms with Gasteiger partial charge in [-0.1, -0.05) is 6.07 Å². The van der Waals surface area contributed by atoms with Crippen molar-refractivity contribution >= 4 is 23.2 Å². The van der Waals surface area contributed by atoms with Gasteiger partial charge < -0.3 is 15.4 Å². The third-order valence-corrected chi connectivity index (χ3v) is 4.44. The van der Waals surface area contributed by atoms with Crippen LogP contribution in [0.4, 0.5) is 11.4 Å². The lowest BCUT2D eigenvalue weighted by Gasteiger charge is -2.18. The topological polar surface area (TPSA) is 85.2 Å². The van der Waals surface area contributed by atoms with Gasteiger partial charge >= 0.3 is 0 Å². The molecule has 0 saturated heterocycles. The summed E-state index contributed by atoms with van der Waals surface area (Å²) < 4.78 is 7.15. The molecule has 0 aliphatic carbocycles. The first kappa shape index (κ1) is 17.8. The second kappa shape index (κ2) is 6.84. The highest BCUT2D eigenvalue weighted by Gasteiger charge is 2.18. The largest absolute Gasteiger partial charge is 0.482 e. The number of nitrogens with one attached hydrogen (secondary N) is 2. The molecule has 7 nitrogen and oxygen atoms in total. The number of rotatable bonds is 3. The molecule has 0 spiro atoms. The molecule has 2 amide bonds. The maximum absolute atomic E-state index is 12.7. The van der Waals surface area contributed by atoms with E-state index < -0.39 is 0 Å². The summed E-state index contributed by atoms with van der Waals surface area (Å²) in [6.07, 6.45) is 0. The van der Waals surface area contributed by atoms with Gasteiger partial charge in [-0.2, -0.15) is 5.10 Å². The molecular weight excluding hydrogens is 356 g/mol. The highest BCUT2D eigenvalue weighted by atomic mass is 16.5. The Morgan fingerprint density at radius 2 is 1.86 bits per heavy atom. The monoisotopic (exact) mass is 376 g/mol. The molecule has 1 aromatic heterocycles. The second-order valence-corrected chi connectivity index (χ2v) is 6.93. The van der Waals surface area contributed by atoms with Crippen LogP contribution in [0.1, 0.15) is 27.3 Å². The molecule has 142 valence electrons. The Morgan fingerprint density at radius 3 is 2.61 bits per heavy atom. The van der Waals surface area contributed by atoms with E-state index in [1.807, 2.05) is 32.9 Å². The Labute approximate surface area is 162 Å². The molecule has 2 aromatic carbocycles. The van der Waals surface area contributed by atoms with E-state index in [2.05, 4.69) is 21.8 Å². The summed E-state index contributed by atoms with van der Waals surface area (Å²) in [6, 6.07) is 13.0. The summed E-state index contributed by atoms with van der Waals surface area (Å²) in [7, 11) is 0. The van der Waals surface area contributed by atoms with Crippen LogP contribution in [0, 0.1) is 20.8 Å². The summed E-state index contributed by atoms with van der Waals surface area (Å²) in [5.74, 6) is 0.0112. The number of hydrogen-bond donors (Lipinski definition) is 2. The zero-order chi connectivity index (χ0) is 19.8. The molecule has 1 aliphatic heterocycles. The van der Waals surface area contributed by atoms with Crippen LogP contribution in [-0.4, -0.2) is 28.2 Å². The normalized spacial score (nSPS) is 12.8. The molecule has 1 aliphatic rings. The van der Waals surface area contributed by atoms with Crippen LogP contribution in [-0.2, 0) is 4.79 Å². The number of anilines is 2. The number of carbonyl (C=O) groups is 2. The SMILES string of the molecule is Cc1cc(C)cc(-n2nc(C(=O)Nc3ccc4c(c3)OCC(=O)N4)cc2C)c1. The number of amides is 2. The first-order valence-electron chi connectivity index (χ1n) is 8.92. The van der Waals surface area contributed by atoms with Crippen molar-refractivity contribution in [2.75, 3.05) is 17.2 Å². The Kier molecular flexibility index (Phi) is 4.35. The van der Waals surface area contributed by atoms with Gasteiger partial charge in [0.05, 0.1) is 11.4 Å². The van der Waals surface area contributed by atoms with Crippen LogP contribution in [0.25, 0.3) is 5.69 Å². The third kappa shape index (κ3) is 3.46. The van der Waals surface area contributed by atoms with E-state index in [0.717, 1.165) is 22.5 Å². The van der Waals surface area contributed by atoms with Crippen molar-refractivity contribution < 1.29 is 14.3 Å². The van der Waals surface area contributed by atoms with Crippen LogP contribution in [0.2, 0.25) is 0 Å². The molecule has 0 unspecified atom stereocenters. The lowest BCUT2D eigenvalue weighted by atomic mass is 10.1. The average Bonchev–Trinajstić information content (AvgIpc) is 3.03. The van der Waals surface area contributed by atoms with Gasteiger partial charge in [0.1, 0.15) is 5.75 Å². The molecule has 2 heterocycles. The Hall–Kier alpha value is -3.61. The molecule has 7 heteroatoms. The number of carbonyl (C=O) groups excluding carboxylic acids is 2. The van der Waals surface area contributed by atoms with Gasteiger partial charge in [-0.25, -0.2) is 4.68 Å². The fourth-order valence-corrected chi connectivity index (χ4v) is 3.27. The number of nitrogens with zero attached hydrogens (tertiary/aromatic N) is 2. The minimum Gasteiger partial charge on any atom is -0.482 e. The van der Waals surface area contributed by atoms with Crippen LogP contribution < -0.4 is 15.4 Å². The summed E-state index contributed by atoms with van der Waals surface area (Å²) in [4.78, 5) is 24.0. The summed E-state index contributed by atoms with van der Waals surface area (Å²) in [5, 5.41) is 10.0. The Balaban J connectivity index is 1.57. The van der Waals surface area contributed by atoms with E-state index in [0.29, 0.717) is 22.8 Å². The average molecular weight is 376 g/mol. The summed E-state index contributed by atoms with van der Waals surface area (Å²) in [5.41, 5.74) is 5.54. The van der Waals surface area contributed by atoms with Crippen molar-refractivity contribution in [1.29, 1.82) is 0 Å². The highest BCUT2D eigenvalue weighted by Crippen LogP contribution is 2.30. The van der Waals surface area contributed by atoms with Gasteiger partial charge in [0.2, 0.25) is 0 Å². The van der Waals surface area contributed by atoms with Crippen molar-refractivity contribution in [2.45, 2.75) is 20.8 Å². The highest BCUT2D eigenvalue weighted by molar-refractivity contribution is 6.03. The minimum atomic E-state index is -0.314. The fourth-order valence-electron chi connectivity index (χ4n) is 3.27. The van der Waals surface area contributed by atoms with Crippen molar-refractivity contribution in [3.63, 3.8) is 0 Å². The van der Waals surface area contributed by atoms with Gasteiger partial charge in [0.25, 0.3) is 11.8 Å². The number of aryl methyl sites for hydroxylation is 3. The van der Waals surface area contributed by atoms with Gasteiger partial charge in [-0.15, -0.1) is 0 Å². The standard InChI is InChI=1S/C21H20N4O3/c1-12-6-13(2)8-16(7-12)25-14(3)9-18(24-25)21(27)22-15-4-5-17-19(10-15)28-11-20(26)23-17/h4-10H,11H2,1-3H3,(H,22,27)(H,23,26). The number of hydrogen-bond acceptors (Lipinski definition) is 4. The Bertz CT molecular complexity index is 1080. The molecule has 0 saturated carbocycles. The zero-order valence-electron chi connectivity index (χ0n) is 15.9. The molecule has 0 atom stereocenters. The van der Waals surface area contributed by atoms with Crippen molar-refractivity contribution in [1.82, 2.24) is 9.78 Å². The van der Waals surface area contributed by atoms with Crippen molar-refractivity contribution in [3.05, 3.63) is 65.0 Å². The van der Waals surface area contributed by atoms with E-state index in [-0.39, 0.29) is 18.4 Å². The molecule has 3 aromatic rings. The number of benzene rings is 2. The second-order valence-electron chi connectivity index (χ2n) is 6.93. The first-order chi connectivity index (χ1) is 13.4. The van der Waals surface area contributed by atoms with Crippen molar-refractivity contribution in [2.24, 2.45) is 0 Å². The van der Waals surface area contributed by atoms with E-state index in [1.165, 1.54) is 0 Å². The summed E-state index contributed by atoms with van der Waals surface area (Å²) >= 11 is 0. The quantitative estimate of drug-likeness (QED) is 0.734. The smallest absolute Gasteiger partial charge is 0.276 e. The molecule has 28 heavy (non-hydrogen) atoms. The lowest BCUT2D eigenvalue weighted by Crippen LogP contribution is -2.25. The molecule has 0 fully saturated rings. The van der Waals surface area contributed by atoms with E-state index in [4.69, 9.17) is 4.74 Å². The van der Waals surface area contributed by atoms with Gasteiger partial charge in [-0.3, -0.25) is 9.59 Å². The molecule has 4 rings (SSSR count). The molecular formula is C21H20N4O3. The Morgan fingerprint density at radius 1 is 1.11 bits per heavy atom. The third-order valence-electron chi connectivity index (χ3n) is 4.44. The lowest BCUT2D eigenvalue weighted by molar-refractivity contribution is -0.118. The molecule has 0 bridgehead atoms. The minimum absolute atomic E-state index is 0.0378. The van der Waals surface area contributed by atoms with Crippen LogP contribution >= 0.6 is 0 Å². The predicted molar refractivity (Wildman–Crippen MR) is 106 cm³/mol. The molecule has 2 N–H and O–H groups in total. The zero-order valence-corrected chi connectivity index (χ0v) is 15.9. The number of fused-ring (bicyclic) bond motifs is 1. The molecule has 0 radical (unpaired) electrons. The van der Waals surface area contributed by atoms with Crippen LogP contribution in [0.15, 0.2) is 42.5 Å². The maximum Gasteiger partial charge on any atom is 0.276 e. The first-order valence-corrected chi connectivity index (χ1v) is 8.92. The van der Waals surface area contributed by atoms with Crippen LogP contribution in [0.3, 0.4) is 0 Å². The van der Waals surface area contributed by atoms with E-state index in [9.17, 15) is 9.59 Å². The summed E-state index contributed by atoms with van der Waals surface area (Å²) in [6.45, 7) is 5.94. The maximum atomic E-state index is 12.7. The predicted octanol–water partition coefficient (Wildman–Crippen LogP) is 3.38.